The van der Waals surface area contributed by atoms with Gasteiger partial charge in [0.05, 0.1) is 6.54 Å². The molecule has 1 aliphatic rings. The number of carbonyl (C=O) groups is 1. The van der Waals surface area contributed by atoms with Crippen molar-refractivity contribution in [3.05, 3.63) is 89.0 Å². The van der Waals surface area contributed by atoms with E-state index < -0.39 is 6.09 Å². The maximum Gasteiger partial charge on any atom is 0.407 e. The minimum Gasteiger partial charge on any atom is -0.508 e. The monoisotopic (exact) mass is 383 g/mol. The number of alkyl carbamates (subject to hydrolysis) is 1. The van der Waals surface area contributed by atoms with Crippen LogP contribution in [0.25, 0.3) is 11.1 Å². The van der Waals surface area contributed by atoms with Crippen LogP contribution >= 0.6 is 0 Å². The number of fused-ring (bicyclic) bond motifs is 3. The summed E-state index contributed by atoms with van der Waals surface area (Å²) in [5.41, 5.74) is 6.48. The van der Waals surface area contributed by atoms with Crippen LogP contribution in [-0.4, -0.2) is 24.4 Å². The van der Waals surface area contributed by atoms with Gasteiger partial charge in [0.15, 0.2) is 0 Å². The number of benzene rings is 3. The summed E-state index contributed by atoms with van der Waals surface area (Å²) in [5.74, 6) is 6.15. The number of hydrogen-bond acceptors (Lipinski definition) is 3. The highest BCUT2D eigenvalue weighted by molar-refractivity contribution is 5.79. The molecule has 3 aromatic carbocycles. The molecule has 0 heterocycles. The highest BCUT2D eigenvalue weighted by atomic mass is 16.5. The van der Waals surface area contributed by atoms with Crippen LogP contribution in [0.4, 0.5) is 4.79 Å². The van der Waals surface area contributed by atoms with Gasteiger partial charge < -0.3 is 15.2 Å². The van der Waals surface area contributed by atoms with E-state index in [1.807, 2.05) is 31.2 Å². The molecule has 0 aliphatic heterocycles. The molecule has 29 heavy (non-hydrogen) atoms. The second-order valence-corrected chi connectivity index (χ2v) is 6.98. The lowest BCUT2D eigenvalue weighted by Gasteiger charge is -2.14. The minimum atomic E-state index is -0.483. The summed E-state index contributed by atoms with van der Waals surface area (Å²) in [6, 6.07) is 21.5. The molecule has 2 N–H and O–H groups in total. The Hall–Kier alpha value is -3.71. The normalized spacial score (nSPS) is 11.8. The number of phenols is 1. The van der Waals surface area contributed by atoms with Gasteiger partial charge in [-0.15, -0.1) is 0 Å². The van der Waals surface area contributed by atoms with Gasteiger partial charge in [0.25, 0.3) is 0 Å². The third kappa shape index (κ3) is 3.95. The number of amides is 1. The number of hydrogen-bond donors (Lipinski definition) is 2. The molecule has 0 bridgehead atoms. The molecule has 0 spiro atoms. The van der Waals surface area contributed by atoms with Gasteiger partial charge in [-0.1, -0.05) is 60.4 Å². The van der Waals surface area contributed by atoms with Crippen LogP contribution < -0.4 is 5.32 Å². The second kappa shape index (κ2) is 8.12. The van der Waals surface area contributed by atoms with E-state index >= 15 is 0 Å². The largest absolute Gasteiger partial charge is 0.508 e. The van der Waals surface area contributed by atoms with Gasteiger partial charge in [-0.25, -0.2) is 4.79 Å². The van der Waals surface area contributed by atoms with E-state index in [9.17, 15) is 9.90 Å². The molecule has 3 aromatic rings. The van der Waals surface area contributed by atoms with Crippen molar-refractivity contribution in [3.8, 4) is 28.7 Å². The van der Waals surface area contributed by atoms with Crippen molar-refractivity contribution in [3.63, 3.8) is 0 Å². The highest BCUT2D eigenvalue weighted by Gasteiger charge is 2.28. The van der Waals surface area contributed by atoms with Crippen molar-refractivity contribution in [1.29, 1.82) is 0 Å². The van der Waals surface area contributed by atoms with Gasteiger partial charge >= 0.3 is 6.09 Å². The molecule has 0 saturated heterocycles. The number of nitrogens with one attached hydrogen (secondary N) is 1. The van der Waals surface area contributed by atoms with Crippen LogP contribution in [0.1, 0.15) is 28.2 Å². The van der Waals surface area contributed by atoms with Crippen LogP contribution in [0.5, 0.6) is 5.75 Å². The summed E-state index contributed by atoms with van der Waals surface area (Å²) >= 11 is 0. The zero-order valence-electron chi connectivity index (χ0n) is 16.1. The standard InChI is InChI=1S/C25H21NO3/c1-17-15-19(27)13-12-18(17)7-6-14-26-25(28)29-16-24-22-10-4-2-8-20(22)21-9-3-5-11-23(21)24/h2-5,8-13,15,24,27H,14,16H2,1H3,(H,26,28). The topological polar surface area (TPSA) is 58.6 Å². The summed E-state index contributed by atoms with van der Waals surface area (Å²) in [6.45, 7) is 2.35. The van der Waals surface area contributed by atoms with Crippen molar-refractivity contribution in [2.24, 2.45) is 0 Å². The molecular weight excluding hydrogens is 362 g/mol. The Kier molecular flexibility index (Phi) is 5.22. The van der Waals surface area contributed by atoms with Crippen molar-refractivity contribution < 1.29 is 14.6 Å². The molecule has 0 saturated carbocycles. The van der Waals surface area contributed by atoms with E-state index in [1.54, 1.807) is 18.2 Å². The Morgan fingerprint density at radius 1 is 1.03 bits per heavy atom. The highest BCUT2D eigenvalue weighted by Crippen LogP contribution is 2.44. The van der Waals surface area contributed by atoms with Crippen molar-refractivity contribution in [2.75, 3.05) is 13.2 Å². The van der Waals surface area contributed by atoms with Crippen LogP contribution in [0.3, 0.4) is 0 Å². The Morgan fingerprint density at radius 3 is 2.34 bits per heavy atom. The Bertz CT molecular complexity index is 1080. The van der Waals surface area contributed by atoms with E-state index in [-0.39, 0.29) is 24.8 Å². The first kappa shape index (κ1) is 18.6. The third-order valence-corrected chi connectivity index (χ3v) is 5.10. The molecule has 0 fully saturated rings. The van der Waals surface area contributed by atoms with E-state index in [0.717, 1.165) is 11.1 Å². The molecule has 4 heteroatoms. The molecule has 4 nitrogen and oxygen atoms in total. The SMILES string of the molecule is Cc1cc(O)ccc1C#CCNC(=O)OCC1c2ccccc2-c2ccccc21. The van der Waals surface area contributed by atoms with Crippen LogP contribution in [0.2, 0.25) is 0 Å². The summed E-state index contributed by atoms with van der Waals surface area (Å²) in [7, 11) is 0. The number of aromatic hydroxyl groups is 1. The van der Waals surface area contributed by atoms with Gasteiger partial charge in [-0.3, -0.25) is 0 Å². The first-order chi connectivity index (χ1) is 14.1. The fourth-order valence-corrected chi connectivity index (χ4v) is 3.69. The summed E-state index contributed by atoms with van der Waals surface area (Å²) in [6.07, 6.45) is -0.483. The van der Waals surface area contributed by atoms with Crippen LogP contribution in [-0.2, 0) is 4.74 Å². The zero-order chi connectivity index (χ0) is 20.2. The van der Waals surface area contributed by atoms with Gasteiger partial charge in [0.2, 0.25) is 0 Å². The predicted octanol–water partition coefficient (Wildman–Crippen LogP) is 4.59. The van der Waals surface area contributed by atoms with Crippen molar-refractivity contribution >= 4 is 6.09 Å². The molecule has 4 rings (SSSR count). The van der Waals surface area contributed by atoms with Crippen molar-refractivity contribution in [2.45, 2.75) is 12.8 Å². The van der Waals surface area contributed by atoms with Gasteiger partial charge in [-0.2, -0.15) is 0 Å². The van der Waals surface area contributed by atoms with Gasteiger partial charge in [0, 0.05) is 11.5 Å². The Labute approximate surface area is 170 Å². The average molecular weight is 383 g/mol. The fraction of sp³-hybridized carbons (Fsp3) is 0.160. The Balaban J connectivity index is 1.35. The molecule has 0 atom stereocenters. The molecule has 0 radical (unpaired) electrons. The van der Waals surface area contributed by atoms with Gasteiger partial charge in [0.1, 0.15) is 12.4 Å². The first-order valence-corrected chi connectivity index (χ1v) is 9.51. The maximum atomic E-state index is 12.1. The number of aryl methyl sites for hydroxylation is 1. The van der Waals surface area contributed by atoms with E-state index in [0.29, 0.717) is 0 Å². The van der Waals surface area contributed by atoms with Gasteiger partial charge in [-0.05, 0) is 52.9 Å². The van der Waals surface area contributed by atoms with E-state index in [2.05, 4.69) is 41.4 Å². The molecule has 1 aliphatic carbocycles. The lowest BCUT2D eigenvalue weighted by molar-refractivity contribution is 0.144. The number of rotatable bonds is 3. The zero-order valence-corrected chi connectivity index (χ0v) is 16.1. The third-order valence-electron chi connectivity index (χ3n) is 5.10. The molecule has 144 valence electrons. The quantitative estimate of drug-likeness (QED) is 0.651. The van der Waals surface area contributed by atoms with Crippen LogP contribution in [0.15, 0.2) is 66.7 Å². The molecule has 0 aromatic heterocycles. The van der Waals surface area contributed by atoms with Crippen LogP contribution in [0, 0.1) is 18.8 Å². The summed E-state index contributed by atoms with van der Waals surface area (Å²) < 4.78 is 5.48. The average Bonchev–Trinajstić information content (AvgIpc) is 3.05. The van der Waals surface area contributed by atoms with Crippen molar-refractivity contribution in [1.82, 2.24) is 5.32 Å². The lowest BCUT2D eigenvalue weighted by Crippen LogP contribution is -2.26. The van der Waals surface area contributed by atoms with E-state index in [4.69, 9.17) is 4.74 Å². The molecule has 1 amide bonds. The smallest absolute Gasteiger partial charge is 0.407 e. The predicted molar refractivity (Wildman–Crippen MR) is 113 cm³/mol. The number of carbonyl (C=O) groups excluding carboxylic acids is 1. The molecule has 0 unspecified atom stereocenters. The minimum absolute atomic E-state index is 0.0406. The number of phenolic OH excluding ortho intramolecular Hbond substituents is 1. The van der Waals surface area contributed by atoms with E-state index in [1.165, 1.54) is 22.3 Å². The summed E-state index contributed by atoms with van der Waals surface area (Å²) in [4.78, 5) is 12.1. The maximum absolute atomic E-state index is 12.1. The summed E-state index contributed by atoms with van der Waals surface area (Å²) in [5, 5.41) is 12.1. The lowest BCUT2D eigenvalue weighted by atomic mass is 9.98. The molecular formula is C25H21NO3. The Morgan fingerprint density at radius 2 is 1.69 bits per heavy atom. The fourth-order valence-electron chi connectivity index (χ4n) is 3.69. The second-order valence-electron chi connectivity index (χ2n) is 6.98. The number of ether oxygens (including phenoxy) is 1. The first-order valence-electron chi connectivity index (χ1n) is 9.51.